The van der Waals surface area contributed by atoms with Gasteiger partial charge in [0.15, 0.2) is 0 Å². The molecule has 88 valence electrons. The van der Waals surface area contributed by atoms with E-state index in [2.05, 4.69) is 0 Å². The minimum Gasteiger partial charge on any atom is -0.490 e. The van der Waals surface area contributed by atoms with E-state index in [1.807, 2.05) is 31.2 Å². The van der Waals surface area contributed by atoms with E-state index in [4.69, 9.17) is 4.74 Å². The Morgan fingerprint density at radius 2 is 1.88 bits per heavy atom. The van der Waals surface area contributed by atoms with Crippen molar-refractivity contribution in [2.75, 3.05) is 0 Å². The van der Waals surface area contributed by atoms with Gasteiger partial charge < -0.3 is 9.84 Å². The Bertz CT molecular complexity index is 312. The maximum Gasteiger partial charge on any atom is 0.119 e. The SMILES string of the molecule is CCC(O)c1ccc(OC2CCCC2)cc1. The first kappa shape index (κ1) is 11.5. The molecule has 1 aromatic rings. The van der Waals surface area contributed by atoms with E-state index in [9.17, 15) is 5.11 Å². The number of benzene rings is 1. The predicted molar refractivity (Wildman–Crippen MR) is 64.6 cm³/mol. The third-order valence-electron chi connectivity index (χ3n) is 3.26. The topological polar surface area (TPSA) is 29.5 Å². The van der Waals surface area contributed by atoms with Gasteiger partial charge in [-0.05, 0) is 49.8 Å². The van der Waals surface area contributed by atoms with Crippen LogP contribution in [0.15, 0.2) is 24.3 Å². The van der Waals surface area contributed by atoms with Crippen LogP contribution in [0.3, 0.4) is 0 Å². The first-order valence-electron chi connectivity index (χ1n) is 6.24. The second-order valence-electron chi connectivity index (χ2n) is 4.52. The van der Waals surface area contributed by atoms with Gasteiger partial charge in [0.2, 0.25) is 0 Å². The van der Waals surface area contributed by atoms with Crippen molar-refractivity contribution in [3.8, 4) is 5.75 Å². The second kappa shape index (κ2) is 5.35. The molecule has 1 aromatic carbocycles. The van der Waals surface area contributed by atoms with E-state index in [1.54, 1.807) is 0 Å². The average molecular weight is 220 g/mol. The van der Waals surface area contributed by atoms with Gasteiger partial charge in [0, 0.05) is 0 Å². The van der Waals surface area contributed by atoms with Crippen molar-refractivity contribution in [2.24, 2.45) is 0 Å². The molecule has 1 aliphatic rings. The van der Waals surface area contributed by atoms with Crippen LogP contribution < -0.4 is 4.74 Å². The van der Waals surface area contributed by atoms with E-state index >= 15 is 0 Å². The van der Waals surface area contributed by atoms with Gasteiger partial charge in [0.1, 0.15) is 5.75 Å². The van der Waals surface area contributed by atoms with E-state index in [-0.39, 0.29) is 6.10 Å². The van der Waals surface area contributed by atoms with Crippen molar-refractivity contribution >= 4 is 0 Å². The molecule has 16 heavy (non-hydrogen) atoms. The summed E-state index contributed by atoms with van der Waals surface area (Å²) in [5.74, 6) is 0.930. The highest BCUT2D eigenvalue weighted by molar-refractivity contribution is 5.28. The number of aliphatic hydroxyl groups excluding tert-OH is 1. The van der Waals surface area contributed by atoms with Crippen LogP contribution in [0.25, 0.3) is 0 Å². The molecule has 1 fully saturated rings. The monoisotopic (exact) mass is 220 g/mol. The standard InChI is InChI=1S/C14H20O2/c1-2-14(15)11-7-9-13(10-8-11)16-12-5-3-4-6-12/h7-10,12,14-15H,2-6H2,1H3. The Morgan fingerprint density at radius 3 is 2.44 bits per heavy atom. The molecule has 1 saturated carbocycles. The first-order chi connectivity index (χ1) is 7.79. The van der Waals surface area contributed by atoms with Gasteiger partial charge >= 0.3 is 0 Å². The van der Waals surface area contributed by atoms with Crippen molar-refractivity contribution in [2.45, 2.75) is 51.2 Å². The van der Waals surface area contributed by atoms with Gasteiger partial charge in [-0.1, -0.05) is 19.1 Å². The van der Waals surface area contributed by atoms with Crippen molar-refractivity contribution in [3.05, 3.63) is 29.8 Å². The van der Waals surface area contributed by atoms with Gasteiger partial charge in [-0.15, -0.1) is 0 Å². The van der Waals surface area contributed by atoms with E-state index in [0.717, 1.165) is 17.7 Å². The Balaban J connectivity index is 1.96. The van der Waals surface area contributed by atoms with Crippen LogP contribution in [-0.2, 0) is 0 Å². The molecule has 0 heterocycles. The number of hydrogen-bond donors (Lipinski definition) is 1. The molecule has 1 aliphatic carbocycles. The molecule has 0 amide bonds. The Labute approximate surface area is 97.3 Å². The lowest BCUT2D eigenvalue weighted by molar-refractivity contribution is 0.173. The fourth-order valence-corrected chi connectivity index (χ4v) is 2.20. The third kappa shape index (κ3) is 2.76. The summed E-state index contributed by atoms with van der Waals surface area (Å²) >= 11 is 0. The number of ether oxygens (including phenoxy) is 1. The zero-order valence-electron chi connectivity index (χ0n) is 9.86. The number of rotatable bonds is 4. The van der Waals surface area contributed by atoms with Crippen LogP contribution in [-0.4, -0.2) is 11.2 Å². The van der Waals surface area contributed by atoms with Crippen molar-refractivity contribution in [3.63, 3.8) is 0 Å². The zero-order valence-corrected chi connectivity index (χ0v) is 9.86. The number of aliphatic hydroxyl groups is 1. The summed E-state index contributed by atoms with van der Waals surface area (Å²) < 4.78 is 5.86. The fraction of sp³-hybridized carbons (Fsp3) is 0.571. The fourth-order valence-electron chi connectivity index (χ4n) is 2.20. The summed E-state index contributed by atoms with van der Waals surface area (Å²) in [5.41, 5.74) is 0.973. The lowest BCUT2D eigenvalue weighted by atomic mass is 10.1. The summed E-state index contributed by atoms with van der Waals surface area (Å²) in [6.45, 7) is 1.98. The predicted octanol–water partition coefficient (Wildman–Crippen LogP) is 3.45. The third-order valence-corrected chi connectivity index (χ3v) is 3.26. The van der Waals surface area contributed by atoms with Crippen LogP contribution in [0.2, 0.25) is 0 Å². The van der Waals surface area contributed by atoms with Gasteiger partial charge in [-0.25, -0.2) is 0 Å². The smallest absolute Gasteiger partial charge is 0.119 e. The lowest BCUT2D eigenvalue weighted by Gasteiger charge is -2.14. The molecule has 2 rings (SSSR count). The molecule has 1 unspecified atom stereocenters. The lowest BCUT2D eigenvalue weighted by Crippen LogP contribution is -2.10. The summed E-state index contributed by atoms with van der Waals surface area (Å²) in [7, 11) is 0. The number of hydrogen-bond acceptors (Lipinski definition) is 2. The summed E-state index contributed by atoms with van der Waals surface area (Å²) in [6, 6.07) is 7.84. The Hall–Kier alpha value is -1.02. The molecule has 0 aromatic heterocycles. The maximum atomic E-state index is 9.66. The quantitative estimate of drug-likeness (QED) is 0.842. The highest BCUT2D eigenvalue weighted by Gasteiger charge is 2.16. The normalized spacial score (nSPS) is 18.6. The molecule has 1 atom stereocenters. The molecular formula is C14H20O2. The summed E-state index contributed by atoms with van der Waals surface area (Å²) in [5, 5.41) is 9.66. The van der Waals surface area contributed by atoms with Crippen molar-refractivity contribution in [1.29, 1.82) is 0 Å². The van der Waals surface area contributed by atoms with Crippen molar-refractivity contribution < 1.29 is 9.84 Å². The molecule has 1 N–H and O–H groups in total. The second-order valence-corrected chi connectivity index (χ2v) is 4.52. The molecular weight excluding hydrogens is 200 g/mol. The Kier molecular flexibility index (Phi) is 3.83. The van der Waals surface area contributed by atoms with Crippen LogP contribution in [0.4, 0.5) is 0 Å². The summed E-state index contributed by atoms with van der Waals surface area (Å²) in [6.07, 6.45) is 5.75. The molecule has 0 radical (unpaired) electrons. The van der Waals surface area contributed by atoms with Crippen LogP contribution in [0.5, 0.6) is 5.75 Å². The molecule has 0 bridgehead atoms. The van der Waals surface area contributed by atoms with Crippen LogP contribution in [0.1, 0.15) is 50.7 Å². The average Bonchev–Trinajstić information content (AvgIpc) is 2.82. The molecule has 2 heteroatoms. The highest BCUT2D eigenvalue weighted by atomic mass is 16.5. The van der Waals surface area contributed by atoms with E-state index in [1.165, 1.54) is 25.7 Å². The van der Waals surface area contributed by atoms with E-state index in [0.29, 0.717) is 6.10 Å². The minimum atomic E-state index is -0.347. The highest BCUT2D eigenvalue weighted by Crippen LogP contribution is 2.25. The van der Waals surface area contributed by atoms with Crippen LogP contribution in [0, 0.1) is 0 Å². The molecule has 0 spiro atoms. The zero-order chi connectivity index (χ0) is 11.4. The molecule has 0 saturated heterocycles. The van der Waals surface area contributed by atoms with Gasteiger partial charge in [-0.3, -0.25) is 0 Å². The molecule has 2 nitrogen and oxygen atoms in total. The van der Waals surface area contributed by atoms with Gasteiger partial charge in [0.25, 0.3) is 0 Å². The van der Waals surface area contributed by atoms with Crippen LogP contribution >= 0.6 is 0 Å². The molecule has 0 aliphatic heterocycles. The van der Waals surface area contributed by atoms with E-state index < -0.39 is 0 Å². The Morgan fingerprint density at radius 1 is 1.25 bits per heavy atom. The first-order valence-corrected chi connectivity index (χ1v) is 6.24. The van der Waals surface area contributed by atoms with Gasteiger partial charge in [-0.2, -0.15) is 0 Å². The minimum absolute atomic E-state index is 0.347. The maximum absolute atomic E-state index is 9.66. The van der Waals surface area contributed by atoms with Gasteiger partial charge in [0.05, 0.1) is 12.2 Å². The summed E-state index contributed by atoms with van der Waals surface area (Å²) in [4.78, 5) is 0. The van der Waals surface area contributed by atoms with Crippen molar-refractivity contribution in [1.82, 2.24) is 0 Å². The largest absolute Gasteiger partial charge is 0.490 e.